The number of amides is 2. The Bertz CT molecular complexity index is 1100. The van der Waals surface area contributed by atoms with Crippen LogP contribution in [0.4, 0.5) is 0 Å². The fourth-order valence-corrected chi connectivity index (χ4v) is 3.64. The summed E-state index contributed by atoms with van der Waals surface area (Å²) < 4.78 is 0. The summed E-state index contributed by atoms with van der Waals surface area (Å²) in [5, 5.41) is 10.2. The van der Waals surface area contributed by atoms with E-state index in [4.69, 9.17) is 0 Å². The summed E-state index contributed by atoms with van der Waals surface area (Å²) in [5.41, 5.74) is 1.46. The van der Waals surface area contributed by atoms with Gasteiger partial charge in [0.2, 0.25) is 0 Å². The molecule has 0 bridgehead atoms. The fraction of sp³-hybridized carbons (Fsp3) is 0.273. The Labute approximate surface area is 173 Å². The van der Waals surface area contributed by atoms with Crippen molar-refractivity contribution in [1.29, 1.82) is 0 Å². The minimum absolute atomic E-state index is 0.0653. The molecule has 2 N–H and O–H groups in total. The van der Waals surface area contributed by atoms with Crippen LogP contribution in [0.25, 0.3) is 10.8 Å². The quantitative estimate of drug-likeness (QED) is 0.628. The van der Waals surface area contributed by atoms with Crippen molar-refractivity contribution >= 4 is 22.6 Å². The molecule has 0 radical (unpaired) electrons. The first-order valence-electron chi connectivity index (χ1n) is 9.91. The Kier molecular flexibility index (Phi) is 5.85. The van der Waals surface area contributed by atoms with Crippen molar-refractivity contribution in [2.75, 3.05) is 26.2 Å². The van der Waals surface area contributed by atoms with Crippen LogP contribution in [0.15, 0.2) is 59.4 Å². The molecule has 1 fully saturated rings. The molecule has 0 atom stereocenters. The van der Waals surface area contributed by atoms with Gasteiger partial charge in [-0.05, 0) is 11.6 Å². The number of hydrogen-bond donors (Lipinski definition) is 2. The molecule has 3 aromatic rings. The number of carbonyl (C=O) groups excluding carboxylic acids is 2. The predicted molar refractivity (Wildman–Crippen MR) is 113 cm³/mol. The van der Waals surface area contributed by atoms with E-state index in [1.54, 1.807) is 29.2 Å². The summed E-state index contributed by atoms with van der Waals surface area (Å²) in [6.07, 6.45) is 0. The minimum atomic E-state index is -0.663. The van der Waals surface area contributed by atoms with E-state index >= 15 is 0 Å². The second-order valence-electron chi connectivity index (χ2n) is 7.28. The third-order valence-electron chi connectivity index (χ3n) is 5.29. The van der Waals surface area contributed by atoms with Crippen LogP contribution in [0.1, 0.15) is 11.3 Å². The monoisotopic (exact) mass is 405 g/mol. The molecular formula is C22H23N5O3. The maximum atomic E-state index is 12.5. The second kappa shape index (κ2) is 8.87. The summed E-state index contributed by atoms with van der Waals surface area (Å²) in [6.45, 7) is 3.37. The fourth-order valence-electron chi connectivity index (χ4n) is 3.64. The van der Waals surface area contributed by atoms with E-state index in [0.717, 1.165) is 19.6 Å². The maximum Gasteiger partial charge on any atom is 0.311 e. The molecule has 4 rings (SSSR count). The molecule has 1 aliphatic rings. The average Bonchev–Trinajstić information content (AvgIpc) is 2.79. The van der Waals surface area contributed by atoms with Crippen molar-refractivity contribution in [2.24, 2.45) is 0 Å². The zero-order valence-electron chi connectivity index (χ0n) is 16.5. The highest BCUT2D eigenvalue weighted by molar-refractivity contribution is 6.35. The SMILES string of the molecule is O=C(NCc1n[nH]c(=O)c2ccccc12)C(=O)N1CCN(Cc2ccccc2)CC1. The molecule has 0 unspecified atom stereocenters. The zero-order valence-corrected chi connectivity index (χ0v) is 16.5. The van der Waals surface area contributed by atoms with Gasteiger partial charge in [-0.2, -0.15) is 5.10 Å². The van der Waals surface area contributed by atoms with Gasteiger partial charge in [0.05, 0.1) is 17.6 Å². The van der Waals surface area contributed by atoms with Crippen LogP contribution in [-0.4, -0.2) is 58.0 Å². The molecule has 1 aromatic heterocycles. The molecule has 2 amide bonds. The molecule has 0 aliphatic carbocycles. The standard InChI is InChI=1S/C22H23N5O3/c28-20-18-9-5-4-8-17(18)19(24-25-20)14-23-21(29)22(30)27-12-10-26(11-13-27)15-16-6-2-1-3-7-16/h1-9H,10-15H2,(H,23,29)(H,25,28). The third kappa shape index (κ3) is 4.38. The van der Waals surface area contributed by atoms with E-state index in [1.807, 2.05) is 18.2 Å². The van der Waals surface area contributed by atoms with Gasteiger partial charge in [-0.15, -0.1) is 0 Å². The summed E-state index contributed by atoms with van der Waals surface area (Å²) in [5.74, 6) is -1.20. The van der Waals surface area contributed by atoms with Gasteiger partial charge in [0.15, 0.2) is 0 Å². The molecule has 30 heavy (non-hydrogen) atoms. The highest BCUT2D eigenvalue weighted by Crippen LogP contribution is 2.12. The number of aromatic amines is 1. The van der Waals surface area contributed by atoms with Crippen LogP contribution in [0.3, 0.4) is 0 Å². The van der Waals surface area contributed by atoms with Crippen molar-refractivity contribution in [3.05, 3.63) is 76.2 Å². The van der Waals surface area contributed by atoms with Gasteiger partial charge in [0, 0.05) is 38.1 Å². The molecule has 0 saturated carbocycles. The zero-order chi connectivity index (χ0) is 20.9. The number of nitrogens with one attached hydrogen (secondary N) is 2. The van der Waals surface area contributed by atoms with Gasteiger partial charge in [-0.25, -0.2) is 5.10 Å². The van der Waals surface area contributed by atoms with Crippen molar-refractivity contribution < 1.29 is 9.59 Å². The highest BCUT2D eigenvalue weighted by atomic mass is 16.2. The Morgan fingerprint density at radius 1 is 0.933 bits per heavy atom. The van der Waals surface area contributed by atoms with Crippen LogP contribution < -0.4 is 10.9 Å². The molecule has 1 aliphatic heterocycles. The Balaban J connectivity index is 1.31. The number of piperazine rings is 1. The normalized spacial score (nSPS) is 14.6. The van der Waals surface area contributed by atoms with Crippen LogP contribution in [0.2, 0.25) is 0 Å². The first-order valence-corrected chi connectivity index (χ1v) is 9.91. The van der Waals surface area contributed by atoms with Crippen molar-refractivity contribution in [3.63, 3.8) is 0 Å². The summed E-state index contributed by atoms with van der Waals surface area (Å²) in [7, 11) is 0. The van der Waals surface area contributed by atoms with E-state index in [2.05, 4.69) is 32.5 Å². The number of H-pyrrole nitrogens is 1. The number of fused-ring (bicyclic) bond motifs is 1. The van der Waals surface area contributed by atoms with Gasteiger partial charge in [-0.1, -0.05) is 48.5 Å². The first-order chi connectivity index (χ1) is 14.6. The number of benzene rings is 2. The molecule has 8 nitrogen and oxygen atoms in total. The molecular weight excluding hydrogens is 382 g/mol. The van der Waals surface area contributed by atoms with Crippen LogP contribution in [0, 0.1) is 0 Å². The number of rotatable bonds is 4. The van der Waals surface area contributed by atoms with Crippen molar-refractivity contribution in [1.82, 2.24) is 25.3 Å². The van der Waals surface area contributed by atoms with Gasteiger partial charge in [0.1, 0.15) is 0 Å². The number of aromatic nitrogens is 2. The lowest BCUT2D eigenvalue weighted by Crippen LogP contribution is -2.52. The smallest absolute Gasteiger partial charge is 0.311 e. The second-order valence-corrected chi connectivity index (χ2v) is 7.28. The minimum Gasteiger partial charge on any atom is -0.342 e. The molecule has 2 aromatic carbocycles. The van der Waals surface area contributed by atoms with Crippen molar-refractivity contribution in [3.8, 4) is 0 Å². The predicted octanol–water partition coefficient (Wildman–Crippen LogP) is 0.884. The van der Waals surface area contributed by atoms with E-state index < -0.39 is 11.8 Å². The Morgan fingerprint density at radius 2 is 1.60 bits per heavy atom. The number of hydrogen-bond acceptors (Lipinski definition) is 5. The molecule has 8 heteroatoms. The van der Waals surface area contributed by atoms with Gasteiger partial charge < -0.3 is 10.2 Å². The Morgan fingerprint density at radius 3 is 2.33 bits per heavy atom. The average molecular weight is 405 g/mol. The lowest BCUT2D eigenvalue weighted by atomic mass is 10.1. The lowest BCUT2D eigenvalue weighted by molar-refractivity contribution is -0.147. The summed E-state index contributed by atoms with van der Waals surface area (Å²) in [6, 6.07) is 17.2. The Hall–Kier alpha value is -3.52. The number of carbonyl (C=O) groups is 2. The van der Waals surface area contributed by atoms with E-state index in [-0.39, 0.29) is 12.1 Å². The summed E-state index contributed by atoms with van der Waals surface area (Å²) >= 11 is 0. The third-order valence-corrected chi connectivity index (χ3v) is 5.29. The van der Waals surface area contributed by atoms with Crippen LogP contribution >= 0.6 is 0 Å². The van der Waals surface area contributed by atoms with Gasteiger partial charge in [0.25, 0.3) is 5.56 Å². The topological polar surface area (TPSA) is 98.4 Å². The van der Waals surface area contributed by atoms with E-state index in [9.17, 15) is 14.4 Å². The lowest BCUT2D eigenvalue weighted by Gasteiger charge is -2.34. The van der Waals surface area contributed by atoms with Gasteiger partial charge in [-0.3, -0.25) is 19.3 Å². The maximum absolute atomic E-state index is 12.5. The van der Waals surface area contributed by atoms with E-state index in [0.29, 0.717) is 29.6 Å². The van der Waals surface area contributed by atoms with Crippen molar-refractivity contribution in [2.45, 2.75) is 13.1 Å². The molecule has 154 valence electrons. The van der Waals surface area contributed by atoms with Gasteiger partial charge >= 0.3 is 11.8 Å². The summed E-state index contributed by atoms with van der Waals surface area (Å²) in [4.78, 5) is 40.6. The molecule has 0 spiro atoms. The number of nitrogens with zero attached hydrogens (tertiary/aromatic N) is 3. The largest absolute Gasteiger partial charge is 0.342 e. The first kappa shape index (κ1) is 19.8. The molecule has 2 heterocycles. The molecule has 1 saturated heterocycles. The van der Waals surface area contributed by atoms with Crippen LogP contribution in [-0.2, 0) is 22.7 Å². The highest BCUT2D eigenvalue weighted by Gasteiger charge is 2.26. The van der Waals surface area contributed by atoms with Crippen LogP contribution in [0.5, 0.6) is 0 Å². The van der Waals surface area contributed by atoms with E-state index in [1.165, 1.54) is 5.56 Å².